The van der Waals surface area contributed by atoms with E-state index in [1.807, 2.05) is 24.3 Å². The van der Waals surface area contributed by atoms with E-state index in [1.165, 1.54) is 0 Å². The Hall–Kier alpha value is -1.68. The van der Waals surface area contributed by atoms with Crippen LogP contribution in [0, 0.1) is 0 Å². The van der Waals surface area contributed by atoms with Gasteiger partial charge in [-0.2, -0.15) is 0 Å². The van der Waals surface area contributed by atoms with Crippen LogP contribution in [-0.4, -0.2) is 31.2 Å². The van der Waals surface area contributed by atoms with Gasteiger partial charge in [0.05, 0.1) is 17.0 Å². The molecule has 2 aromatic rings. The molecule has 0 fully saturated rings. The highest BCUT2D eigenvalue weighted by Crippen LogP contribution is 2.28. The molecule has 2 aromatic carbocycles. The molecule has 0 saturated carbocycles. The Balaban J connectivity index is 2.56. The van der Waals surface area contributed by atoms with Crippen molar-refractivity contribution in [2.24, 2.45) is 0 Å². The van der Waals surface area contributed by atoms with Crippen LogP contribution < -0.4 is 4.74 Å². The lowest BCUT2D eigenvalue weighted by Gasteiger charge is -2.09. The smallest absolute Gasteiger partial charge is 0.212 e. The third-order valence-corrected chi connectivity index (χ3v) is 3.84. The van der Waals surface area contributed by atoms with Gasteiger partial charge in [-0.15, -0.1) is 4.21 Å². The van der Waals surface area contributed by atoms with Crippen LogP contribution in [0.2, 0.25) is 0 Å². The molecule has 100 valence electrons. The molecule has 4 heteroatoms. The van der Waals surface area contributed by atoms with Crippen LogP contribution in [-0.2, 0) is 14.1 Å². The molecule has 3 nitrogen and oxygen atoms in total. The van der Waals surface area contributed by atoms with Gasteiger partial charge >= 0.3 is 0 Å². The fraction of sp³-hybridized carbons (Fsp3) is 0.267. The highest BCUT2D eigenvalue weighted by molar-refractivity contribution is 8.02. The van der Waals surface area contributed by atoms with Crippen molar-refractivity contribution in [3.63, 3.8) is 0 Å². The van der Waals surface area contributed by atoms with Gasteiger partial charge in [-0.1, -0.05) is 24.3 Å². The summed E-state index contributed by atoms with van der Waals surface area (Å²) >= 11 is 0. The molecule has 2 rings (SSSR count). The molecule has 0 unspecified atom stereocenters. The number of benzene rings is 2. The standard InChI is InChI=1S/C15H17O3S/c1-18-15-9-8-12(14(16)10-19(2,3)17)11-6-4-5-7-13(11)15/h4-9H,10H2,1-3H3/q+1. The van der Waals surface area contributed by atoms with Crippen LogP contribution in [0.1, 0.15) is 10.4 Å². The Morgan fingerprint density at radius 2 is 1.74 bits per heavy atom. The van der Waals surface area contributed by atoms with Gasteiger partial charge in [0.2, 0.25) is 5.78 Å². The number of carbonyl (C=O) groups is 1. The minimum absolute atomic E-state index is 0.0727. The van der Waals surface area contributed by atoms with Crippen LogP contribution in [0.15, 0.2) is 36.4 Å². The van der Waals surface area contributed by atoms with Crippen molar-refractivity contribution in [2.75, 3.05) is 25.4 Å². The van der Waals surface area contributed by atoms with Gasteiger partial charge in [0.15, 0.2) is 5.75 Å². The Bertz CT molecular complexity index is 670. The fourth-order valence-electron chi connectivity index (χ4n) is 2.09. The predicted octanol–water partition coefficient (Wildman–Crippen LogP) is 2.79. The minimum Gasteiger partial charge on any atom is -0.496 e. The number of ketones is 1. The van der Waals surface area contributed by atoms with Gasteiger partial charge in [-0.25, -0.2) is 0 Å². The number of Topliss-reactive ketones (excluding diaryl/α,β-unsaturated/α-hetero) is 1. The number of rotatable bonds is 4. The third-order valence-electron chi connectivity index (χ3n) is 2.88. The summed E-state index contributed by atoms with van der Waals surface area (Å²) in [6.45, 7) is 0. The normalized spacial score (nSPS) is 11.5. The van der Waals surface area contributed by atoms with E-state index in [1.54, 1.807) is 31.8 Å². The van der Waals surface area contributed by atoms with E-state index in [-0.39, 0.29) is 11.5 Å². The van der Waals surface area contributed by atoms with Crippen molar-refractivity contribution in [1.82, 2.24) is 0 Å². The number of hydrogen-bond acceptors (Lipinski definition) is 3. The molecule has 0 bridgehead atoms. The molecule has 0 atom stereocenters. The molecule has 0 amide bonds. The summed E-state index contributed by atoms with van der Waals surface area (Å²) in [5.74, 6) is 0.721. The average Bonchev–Trinajstić information content (AvgIpc) is 2.35. The van der Waals surface area contributed by atoms with Crippen molar-refractivity contribution in [3.05, 3.63) is 42.0 Å². The highest BCUT2D eigenvalue weighted by Gasteiger charge is 2.22. The first-order chi connectivity index (χ1) is 8.92. The van der Waals surface area contributed by atoms with Gasteiger partial charge in [-0.05, 0) is 17.5 Å². The molecule has 0 aromatic heterocycles. The maximum atomic E-state index is 12.3. The third kappa shape index (κ3) is 3.01. The maximum Gasteiger partial charge on any atom is 0.212 e. The fourth-order valence-corrected chi connectivity index (χ4v) is 2.87. The molecular weight excluding hydrogens is 260 g/mol. The van der Waals surface area contributed by atoms with Gasteiger partial charge < -0.3 is 4.74 Å². The molecular formula is C15H17O3S+. The second-order valence-corrected chi connectivity index (χ2v) is 8.03. The Labute approximate surface area is 114 Å². The van der Waals surface area contributed by atoms with Crippen molar-refractivity contribution >= 4 is 26.5 Å². The van der Waals surface area contributed by atoms with E-state index < -0.39 is 9.93 Å². The summed E-state index contributed by atoms with van der Waals surface area (Å²) in [5.41, 5.74) is 0.604. The average molecular weight is 277 g/mol. The lowest BCUT2D eigenvalue weighted by molar-refractivity contribution is 0.102. The summed E-state index contributed by atoms with van der Waals surface area (Å²) < 4.78 is 17.1. The van der Waals surface area contributed by atoms with Gasteiger partial charge in [0.1, 0.15) is 18.3 Å². The molecule has 0 aliphatic carbocycles. The van der Waals surface area contributed by atoms with Gasteiger partial charge in [0.25, 0.3) is 0 Å². The van der Waals surface area contributed by atoms with Gasteiger partial charge in [0, 0.05) is 10.9 Å². The quantitative estimate of drug-likeness (QED) is 0.637. The van der Waals surface area contributed by atoms with Crippen molar-refractivity contribution in [1.29, 1.82) is 0 Å². The predicted molar refractivity (Wildman–Crippen MR) is 79.6 cm³/mol. The zero-order chi connectivity index (χ0) is 14.0. The van der Waals surface area contributed by atoms with Crippen molar-refractivity contribution < 1.29 is 13.7 Å². The molecule has 0 radical (unpaired) electrons. The van der Waals surface area contributed by atoms with Crippen molar-refractivity contribution in [2.45, 2.75) is 0 Å². The van der Waals surface area contributed by atoms with E-state index >= 15 is 0 Å². The number of fused-ring (bicyclic) bond motifs is 1. The Morgan fingerprint density at radius 3 is 2.32 bits per heavy atom. The molecule has 0 N–H and O–H groups in total. The van der Waals surface area contributed by atoms with E-state index in [4.69, 9.17) is 4.74 Å². The van der Waals surface area contributed by atoms with Gasteiger partial charge in [-0.3, -0.25) is 4.79 Å². The second-order valence-electron chi connectivity index (χ2n) is 4.87. The molecule has 0 spiro atoms. The monoisotopic (exact) mass is 277 g/mol. The molecule has 0 aliphatic rings. The lowest BCUT2D eigenvalue weighted by atomic mass is 10.0. The van der Waals surface area contributed by atoms with E-state index in [9.17, 15) is 9.00 Å². The van der Waals surface area contributed by atoms with E-state index in [2.05, 4.69) is 0 Å². The van der Waals surface area contributed by atoms with E-state index in [0.29, 0.717) is 5.56 Å². The second kappa shape index (κ2) is 5.13. The molecule has 0 aliphatic heterocycles. The van der Waals surface area contributed by atoms with Crippen LogP contribution in [0.3, 0.4) is 0 Å². The van der Waals surface area contributed by atoms with E-state index in [0.717, 1.165) is 16.5 Å². The molecule has 0 saturated heterocycles. The summed E-state index contributed by atoms with van der Waals surface area (Å²) in [4.78, 5) is 12.3. The summed E-state index contributed by atoms with van der Waals surface area (Å²) in [7, 11) is -0.481. The van der Waals surface area contributed by atoms with Crippen LogP contribution >= 0.6 is 0 Å². The zero-order valence-corrected chi connectivity index (χ0v) is 12.1. The summed E-state index contributed by atoms with van der Waals surface area (Å²) in [5, 5.41) is 1.74. The zero-order valence-electron chi connectivity index (χ0n) is 11.3. The van der Waals surface area contributed by atoms with Crippen LogP contribution in [0.5, 0.6) is 5.75 Å². The topological polar surface area (TPSA) is 43.4 Å². The Kier molecular flexibility index (Phi) is 3.71. The lowest BCUT2D eigenvalue weighted by Crippen LogP contribution is -2.19. The first kappa shape index (κ1) is 13.7. The van der Waals surface area contributed by atoms with Crippen LogP contribution in [0.4, 0.5) is 0 Å². The number of hydrogen-bond donors (Lipinski definition) is 0. The number of ether oxygens (including phenoxy) is 1. The molecule has 0 heterocycles. The molecule has 19 heavy (non-hydrogen) atoms. The number of carbonyl (C=O) groups excluding carboxylic acids is 1. The first-order valence-corrected chi connectivity index (χ1v) is 8.47. The van der Waals surface area contributed by atoms with Crippen LogP contribution in [0.25, 0.3) is 10.8 Å². The highest BCUT2D eigenvalue weighted by atomic mass is 32.2. The number of methoxy groups -OCH3 is 1. The summed E-state index contributed by atoms with van der Waals surface area (Å²) in [6.07, 6.45) is 3.22. The first-order valence-electron chi connectivity index (χ1n) is 5.93. The largest absolute Gasteiger partial charge is 0.496 e. The minimum atomic E-state index is -2.09. The SMILES string of the molecule is COc1ccc(C(=O)C[S+](C)(C)=O)c2ccccc12. The van der Waals surface area contributed by atoms with Crippen molar-refractivity contribution in [3.8, 4) is 5.75 Å². The maximum absolute atomic E-state index is 12.3. The summed E-state index contributed by atoms with van der Waals surface area (Å²) in [6, 6.07) is 11.1. The Morgan fingerprint density at radius 1 is 1.11 bits per heavy atom.